The van der Waals surface area contributed by atoms with Crippen molar-refractivity contribution in [1.29, 1.82) is 0 Å². The van der Waals surface area contributed by atoms with Crippen molar-refractivity contribution in [3.8, 4) is 0 Å². The van der Waals surface area contributed by atoms with E-state index in [0.717, 1.165) is 38.1 Å². The Morgan fingerprint density at radius 2 is 1.87 bits per heavy atom. The molecule has 10 nitrogen and oxygen atoms in total. The van der Waals surface area contributed by atoms with Crippen molar-refractivity contribution >= 4 is 11.9 Å². The zero-order valence-corrected chi connectivity index (χ0v) is 22.6. The molecule has 0 saturated carbocycles. The third-order valence-electron chi connectivity index (χ3n) is 8.86. The molecule has 38 heavy (non-hydrogen) atoms. The molecule has 2 aliphatic carbocycles. The molecule has 5 rings (SSSR count). The molecule has 0 amide bonds. The van der Waals surface area contributed by atoms with Crippen LogP contribution in [-0.4, -0.2) is 84.0 Å². The summed E-state index contributed by atoms with van der Waals surface area (Å²) in [6, 6.07) is 0. The highest BCUT2D eigenvalue weighted by Gasteiger charge is 2.61. The summed E-state index contributed by atoms with van der Waals surface area (Å²) in [7, 11) is 2.76. The topological polar surface area (TPSA) is 124 Å². The van der Waals surface area contributed by atoms with Gasteiger partial charge in [0.1, 0.15) is 5.76 Å². The van der Waals surface area contributed by atoms with Crippen LogP contribution < -0.4 is 0 Å². The van der Waals surface area contributed by atoms with Crippen molar-refractivity contribution in [2.24, 2.45) is 17.8 Å². The van der Waals surface area contributed by atoms with E-state index in [1.54, 1.807) is 21.0 Å². The molecule has 2 unspecified atom stereocenters. The highest BCUT2D eigenvalue weighted by Crippen LogP contribution is 2.56. The maximum Gasteiger partial charge on any atom is 0.339 e. The first kappa shape index (κ1) is 27.0. The first-order valence-corrected chi connectivity index (χ1v) is 13.4. The summed E-state index contributed by atoms with van der Waals surface area (Å²) in [6.07, 6.45) is 7.72. The molecule has 0 aromatic rings. The Balaban J connectivity index is 1.50. The molecule has 210 valence electrons. The Morgan fingerprint density at radius 3 is 2.55 bits per heavy atom. The van der Waals surface area contributed by atoms with Gasteiger partial charge in [0.2, 0.25) is 6.79 Å². The molecular weight excluding hydrogens is 494 g/mol. The summed E-state index contributed by atoms with van der Waals surface area (Å²) >= 11 is 0. The van der Waals surface area contributed by atoms with Gasteiger partial charge < -0.3 is 33.9 Å². The van der Waals surface area contributed by atoms with Crippen LogP contribution in [0.5, 0.6) is 0 Å². The van der Waals surface area contributed by atoms with E-state index in [1.807, 2.05) is 0 Å². The second kappa shape index (κ2) is 9.88. The number of methoxy groups -OCH3 is 2. The van der Waals surface area contributed by atoms with E-state index in [4.69, 9.17) is 23.7 Å². The van der Waals surface area contributed by atoms with Gasteiger partial charge in [0.15, 0.2) is 23.2 Å². The van der Waals surface area contributed by atoms with Crippen LogP contribution in [0.15, 0.2) is 35.5 Å². The van der Waals surface area contributed by atoms with Crippen molar-refractivity contribution in [1.82, 2.24) is 4.90 Å². The average molecular weight is 534 g/mol. The maximum atomic E-state index is 13.7. The van der Waals surface area contributed by atoms with Crippen molar-refractivity contribution in [2.75, 3.05) is 34.1 Å². The average Bonchev–Trinajstić information content (AvgIpc) is 3.56. The lowest BCUT2D eigenvalue weighted by Crippen LogP contribution is -2.52. The van der Waals surface area contributed by atoms with Gasteiger partial charge in [0, 0.05) is 5.92 Å². The maximum absolute atomic E-state index is 13.7. The number of nitrogens with zero attached hydrogens (tertiary/aromatic N) is 1. The number of hydrogen-bond donors (Lipinski definition) is 2. The van der Waals surface area contributed by atoms with E-state index in [9.17, 15) is 19.8 Å². The molecule has 1 spiro atoms. The van der Waals surface area contributed by atoms with Gasteiger partial charge in [-0.15, -0.1) is 0 Å². The quantitative estimate of drug-likeness (QED) is 0.449. The van der Waals surface area contributed by atoms with Crippen LogP contribution in [-0.2, 0) is 33.3 Å². The Kier molecular flexibility index (Phi) is 7.02. The predicted octanol–water partition coefficient (Wildman–Crippen LogP) is 2.16. The van der Waals surface area contributed by atoms with Crippen molar-refractivity contribution < 1.29 is 43.5 Å². The van der Waals surface area contributed by atoms with Crippen LogP contribution in [0.3, 0.4) is 0 Å². The van der Waals surface area contributed by atoms with Gasteiger partial charge in [-0.05, 0) is 89.1 Å². The summed E-state index contributed by atoms with van der Waals surface area (Å²) in [5.41, 5.74) is -3.69. The monoisotopic (exact) mass is 533 g/mol. The molecule has 3 aliphatic heterocycles. The largest absolute Gasteiger partial charge is 0.497 e. The van der Waals surface area contributed by atoms with E-state index in [1.165, 1.54) is 7.11 Å². The molecule has 3 heterocycles. The van der Waals surface area contributed by atoms with Crippen molar-refractivity contribution in [3.05, 3.63) is 35.5 Å². The number of esters is 2. The van der Waals surface area contributed by atoms with E-state index < -0.39 is 35.7 Å². The number of aliphatic hydroxyl groups is 2. The van der Waals surface area contributed by atoms with Crippen LogP contribution in [0.25, 0.3) is 0 Å². The van der Waals surface area contributed by atoms with Crippen LogP contribution >= 0.6 is 0 Å². The zero-order chi connectivity index (χ0) is 27.3. The third kappa shape index (κ3) is 4.71. The fourth-order valence-electron chi connectivity index (χ4n) is 6.91. The lowest BCUT2D eigenvalue weighted by molar-refractivity contribution is -0.181. The van der Waals surface area contributed by atoms with Crippen LogP contribution in [0.4, 0.5) is 0 Å². The third-order valence-corrected chi connectivity index (χ3v) is 8.86. The fraction of sp³-hybridized carbons (Fsp3) is 0.714. The van der Waals surface area contributed by atoms with Gasteiger partial charge in [-0.25, -0.2) is 4.79 Å². The second-order valence-corrected chi connectivity index (χ2v) is 11.8. The molecule has 3 fully saturated rings. The summed E-state index contributed by atoms with van der Waals surface area (Å²) < 4.78 is 28.1. The highest BCUT2D eigenvalue weighted by molar-refractivity contribution is 5.86. The van der Waals surface area contributed by atoms with Gasteiger partial charge in [0.25, 0.3) is 0 Å². The van der Waals surface area contributed by atoms with E-state index in [-0.39, 0.29) is 42.9 Å². The van der Waals surface area contributed by atoms with Gasteiger partial charge >= 0.3 is 11.9 Å². The Bertz CT molecular complexity index is 1060. The smallest absolute Gasteiger partial charge is 0.339 e. The lowest BCUT2D eigenvalue weighted by Gasteiger charge is -2.42. The fourth-order valence-corrected chi connectivity index (χ4v) is 6.91. The first-order chi connectivity index (χ1) is 18.0. The normalized spacial score (nSPS) is 33.5. The van der Waals surface area contributed by atoms with Crippen LogP contribution in [0, 0.1) is 17.8 Å². The number of rotatable bonds is 8. The number of carbonyl (C=O) groups is 2. The summed E-state index contributed by atoms with van der Waals surface area (Å²) in [6.45, 7) is 5.16. The van der Waals surface area contributed by atoms with E-state index in [2.05, 4.69) is 23.1 Å². The minimum Gasteiger partial charge on any atom is -0.497 e. The Morgan fingerprint density at radius 1 is 1.13 bits per heavy atom. The highest BCUT2D eigenvalue weighted by atomic mass is 16.7. The number of hydrogen-bond acceptors (Lipinski definition) is 10. The molecule has 3 saturated heterocycles. The molecule has 2 N–H and O–H groups in total. The van der Waals surface area contributed by atoms with Gasteiger partial charge in [-0.3, -0.25) is 9.69 Å². The van der Waals surface area contributed by atoms with Crippen LogP contribution in [0.1, 0.15) is 52.4 Å². The SMILES string of the molecule is COC(=O)C[C@](O)(CCC(C)(C)O)C(=O)O[C@@H]1C(OC)=C[C@]23CCCN2CCC2C=C4OCOC4=CC2[C@H]13. The van der Waals surface area contributed by atoms with Crippen molar-refractivity contribution in [2.45, 2.75) is 75.2 Å². The van der Waals surface area contributed by atoms with Gasteiger partial charge in [-0.1, -0.05) is 0 Å². The minimum atomic E-state index is -2.16. The van der Waals surface area contributed by atoms with Gasteiger partial charge in [0.05, 0.1) is 31.8 Å². The number of allylic oxidation sites excluding steroid dienone is 2. The summed E-state index contributed by atoms with van der Waals surface area (Å²) in [4.78, 5) is 28.4. The molecular formula is C28H39NO9. The first-order valence-electron chi connectivity index (χ1n) is 13.4. The number of fused-ring (bicyclic) bond motifs is 3. The zero-order valence-electron chi connectivity index (χ0n) is 22.6. The molecule has 10 heteroatoms. The number of ether oxygens (including phenoxy) is 5. The molecule has 0 radical (unpaired) electrons. The molecule has 0 aromatic heterocycles. The Hall–Kier alpha value is -2.56. The summed E-state index contributed by atoms with van der Waals surface area (Å²) in [5.74, 6) is 0.267. The minimum absolute atomic E-state index is 0.0228. The molecule has 0 aromatic carbocycles. The van der Waals surface area contributed by atoms with Crippen LogP contribution in [0.2, 0.25) is 0 Å². The molecule has 6 atom stereocenters. The number of carbonyl (C=O) groups excluding carboxylic acids is 2. The second-order valence-electron chi connectivity index (χ2n) is 11.8. The summed E-state index contributed by atoms with van der Waals surface area (Å²) in [5, 5.41) is 21.7. The predicted molar refractivity (Wildman–Crippen MR) is 134 cm³/mol. The van der Waals surface area contributed by atoms with E-state index in [0.29, 0.717) is 11.5 Å². The molecule has 0 bridgehead atoms. The Labute approximate surface area is 223 Å². The van der Waals surface area contributed by atoms with Gasteiger partial charge in [-0.2, -0.15) is 0 Å². The standard InChI is InChI=1S/C28H39NO9/c1-26(2,32)8-9-28(33,15-22(30)35-4)25(31)38-24-21(34-3)14-27-7-5-10-29(27)11-6-17-12-19-20(37-16-36-19)13-18(17)23(24)27/h12-14,17-18,23-24,32-33H,5-11,15-16H2,1-4H3/t17?,18?,23-,24-,27+,28-/m1/s1. The van der Waals surface area contributed by atoms with E-state index >= 15 is 0 Å². The lowest BCUT2D eigenvalue weighted by atomic mass is 9.69. The van der Waals surface area contributed by atoms with Crippen molar-refractivity contribution in [3.63, 3.8) is 0 Å². The molecule has 5 aliphatic rings.